The van der Waals surface area contributed by atoms with Crippen LogP contribution in [0.3, 0.4) is 0 Å². The van der Waals surface area contributed by atoms with Crippen LogP contribution in [0.1, 0.15) is 50.6 Å². The van der Waals surface area contributed by atoms with E-state index in [1.165, 1.54) is 0 Å². The van der Waals surface area contributed by atoms with E-state index >= 15 is 0 Å². The van der Waals surface area contributed by atoms with Crippen LogP contribution in [0.5, 0.6) is 0 Å². The molecule has 17 heavy (non-hydrogen) atoms. The first-order valence-electron chi connectivity index (χ1n) is 6.05. The predicted octanol–water partition coefficient (Wildman–Crippen LogP) is 1.35. The topological polar surface area (TPSA) is 83.4 Å². The van der Waals surface area contributed by atoms with Crippen LogP contribution in [0.4, 0.5) is 0 Å². The van der Waals surface area contributed by atoms with Crippen LogP contribution < -0.4 is 5.73 Å². The fourth-order valence-corrected chi connectivity index (χ4v) is 1.93. The molecule has 0 aliphatic carbocycles. The van der Waals surface area contributed by atoms with Gasteiger partial charge in [0.25, 0.3) is 5.89 Å². The SMILES string of the molecule is CCOC(C)c1noc(C2CCC(CN)O2)n1. The van der Waals surface area contributed by atoms with Gasteiger partial charge in [0.15, 0.2) is 5.82 Å². The van der Waals surface area contributed by atoms with Crippen molar-refractivity contribution in [3.63, 3.8) is 0 Å². The van der Waals surface area contributed by atoms with Crippen LogP contribution >= 0.6 is 0 Å². The Morgan fingerprint density at radius 1 is 1.53 bits per heavy atom. The van der Waals surface area contributed by atoms with Crippen molar-refractivity contribution in [3.05, 3.63) is 11.7 Å². The van der Waals surface area contributed by atoms with Crippen LogP contribution in [-0.4, -0.2) is 29.4 Å². The monoisotopic (exact) mass is 241 g/mol. The average Bonchev–Trinajstić information content (AvgIpc) is 2.98. The van der Waals surface area contributed by atoms with E-state index in [2.05, 4.69) is 10.1 Å². The molecule has 96 valence electrons. The summed E-state index contributed by atoms with van der Waals surface area (Å²) in [7, 11) is 0. The van der Waals surface area contributed by atoms with E-state index in [9.17, 15) is 0 Å². The van der Waals surface area contributed by atoms with Gasteiger partial charge in [0.1, 0.15) is 12.2 Å². The summed E-state index contributed by atoms with van der Waals surface area (Å²) in [6.07, 6.45) is 1.68. The number of nitrogens with two attached hydrogens (primary N) is 1. The van der Waals surface area contributed by atoms with Gasteiger partial charge < -0.3 is 19.7 Å². The molecule has 2 heterocycles. The Hall–Kier alpha value is -0.980. The van der Waals surface area contributed by atoms with Crippen LogP contribution in [-0.2, 0) is 9.47 Å². The number of rotatable bonds is 5. The number of hydrogen-bond acceptors (Lipinski definition) is 6. The van der Waals surface area contributed by atoms with Crippen molar-refractivity contribution in [2.45, 2.75) is 45.0 Å². The van der Waals surface area contributed by atoms with Gasteiger partial charge in [-0.3, -0.25) is 0 Å². The van der Waals surface area contributed by atoms with Gasteiger partial charge >= 0.3 is 0 Å². The molecule has 0 amide bonds. The minimum atomic E-state index is -0.149. The highest BCUT2D eigenvalue weighted by atomic mass is 16.5. The lowest BCUT2D eigenvalue weighted by molar-refractivity contribution is 0.0306. The van der Waals surface area contributed by atoms with E-state index in [1.54, 1.807) is 0 Å². The number of nitrogens with zero attached hydrogens (tertiary/aromatic N) is 2. The standard InChI is InChI=1S/C11H19N3O3/c1-3-15-7(2)10-13-11(17-14-10)9-5-4-8(6-12)16-9/h7-9H,3-6,12H2,1-2H3. The van der Waals surface area contributed by atoms with Crippen LogP contribution in [0.25, 0.3) is 0 Å². The zero-order valence-electron chi connectivity index (χ0n) is 10.3. The molecule has 1 fully saturated rings. The first kappa shape index (κ1) is 12.5. The van der Waals surface area contributed by atoms with Crippen molar-refractivity contribution in [3.8, 4) is 0 Å². The van der Waals surface area contributed by atoms with Gasteiger partial charge in [0, 0.05) is 13.2 Å². The Morgan fingerprint density at radius 3 is 3.00 bits per heavy atom. The summed E-state index contributed by atoms with van der Waals surface area (Å²) >= 11 is 0. The molecule has 2 rings (SSSR count). The molecule has 6 nitrogen and oxygen atoms in total. The second kappa shape index (κ2) is 5.57. The van der Waals surface area contributed by atoms with Gasteiger partial charge in [-0.15, -0.1) is 0 Å². The zero-order chi connectivity index (χ0) is 12.3. The van der Waals surface area contributed by atoms with Crippen LogP contribution in [0.15, 0.2) is 4.52 Å². The third kappa shape index (κ3) is 2.83. The molecule has 0 bridgehead atoms. The van der Waals surface area contributed by atoms with Crippen molar-refractivity contribution >= 4 is 0 Å². The number of ether oxygens (including phenoxy) is 2. The van der Waals surface area contributed by atoms with Gasteiger partial charge in [-0.25, -0.2) is 0 Å². The van der Waals surface area contributed by atoms with Gasteiger partial charge in [-0.1, -0.05) is 5.16 Å². The lowest BCUT2D eigenvalue weighted by Crippen LogP contribution is -2.18. The summed E-state index contributed by atoms with van der Waals surface area (Å²) in [6, 6.07) is 0. The fraction of sp³-hybridized carbons (Fsp3) is 0.818. The largest absolute Gasteiger partial charge is 0.371 e. The van der Waals surface area contributed by atoms with Gasteiger partial charge in [-0.2, -0.15) is 4.98 Å². The Labute approximate surface area is 100 Å². The Kier molecular flexibility index (Phi) is 4.09. The highest BCUT2D eigenvalue weighted by Gasteiger charge is 2.30. The molecule has 6 heteroatoms. The quantitative estimate of drug-likeness (QED) is 0.837. The summed E-state index contributed by atoms with van der Waals surface area (Å²) in [5.41, 5.74) is 5.56. The van der Waals surface area contributed by atoms with E-state index in [4.69, 9.17) is 19.7 Å². The minimum Gasteiger partial charge on any atom is -0.371 e. The predicted molar refractivity (Wildman–Crippen MR) is 60.2 cm³/mol. The van der Waals surface area contributed by atoms with E-state index in [1.807, 2.05) is 13.8 Å². The fourth-order valence-electron chi connectivity index (χ4n) is 1.93. The molecule has 1 aliphatic heterocycles. The summed E-state index contributed by atoms with van der Waals surface area (Å²) in [5.74, 6) is 1.10. The molecule has 3 atom stereocenters. The third-order valence-corrected chi connectivity index (χ3v) is 2.88. The second-order valence-electron chi connectivity index (χ2n) is 4.15. The van der Waals surface area contributed by atoms with Gasteiger partial charge in [0.05, 0.1) is 6.10 Å². The molecular formula is C11H19N3O3. The Morgan fingerprint density at radius 2 is 2.35 bits per heavy atom. The molecule has 1 aliphatic rings. The smallest absolute Gasteiger partial charge is 0.255 e. The van der Waals surface area contributed by atoms with Crippen molar-refractivity contribution in [1.82, 2.24) is 10.1 Å². The summed E-state index contributed by atoms with van der Waals surface area (Å²) in [5, 5.41) is 3.91. The van der Waals surface area contributed by atoms with Gasteiger partial charge in [0.2, 0.25) is 0 Å². The summed E-state index contributed by atoms with van der Waals surface area (Å²) < 4.78 is 16.3. The zero-order valence-corrected chi connectivity index (χ0v) is 10.3. The maximum atomic E-state index is 5.69. The lowest BCUT2D eigenvalue weighted by Gasteiger charge is -2.08. The van der Waals surface area contributed by atoms with Crippen LogP contribution in [0.2, 0.25) is 0 Å². The van der Waals surface area contributed by atoms with Crippen molar-refractivity contribution in [1.29, 1.82) is 0 Å². The normalized spacial score (nSPS) is 26.3. The third-order valence-electron chi connectivity index (χ3n) is 2.88. The lowest BCUT2D eigenvalue weighted by atomic mass is 10.2. The first-order chi connectivity index (χ1) is 8.24. The molecule has 3 unspecified atom stereocenters. The maximum Gasteiger partial charge on any atom is 0.255 e. The summed E-state index contributed by atoms with van der Waals surface area (Å²) in [6.45, 7) is 4.99. The van der Waals surface area contributed by atoms with Gasteiger partial charge in [-0.05, 0) is 26.7 Å². The molecule has 0 saturated carbocycles. The first-order valence-corrected chi connectivity index (χ1v) is 6.05. The molecule has 1 aromatic rings. The molecular weight excluding hydrogens is 222 g/mol. The Bertz CT molecular complexity index is 355. The second-order valence-corrected chi connectivity index (χ2v) is 4.15. The minimum absolute atomic E-state index is 0.111. The van der Waals surface area contributed by atoms with Crippen molar-refractivity contribution in [2.24, 2.45) is 5.73 Å². The molecule has 0 aromatic carbocycles. The van der Waals surface area contributed by atoms with E-state index in [0.717, 1.165) is 12.8 Å². The highest BCUT2D eigenvalue weighted by Crippen LogP contribution is 2.31. The molecule has 0 spiro atoms. The number of hydrogen-bond donors (Lipinski definition) is 1. The Balaban J connectivity index is 1.98. The number of aromatic nitrogens is 2. The van der Waals surface area contributed by atoms with Crippen molar-refractivity contribution < 1.29 is 14.0 Å². The van der Waals surface area contributed by atoms with Crippen LogP contribution in [0, 0.1) is 0 Å². The summed E-state index contributed by atoms with van der Waals surface area (Å²) in [4.78, 5) is 4.31. The van der Waals surface area contributed by atoms with E-state index < -0.39 is 0 Å². The maximum absolute atomic E-state index is 5.69. The van der Waals surface area contributed by atoms with E-state index in [-0.39, 0.29) is 18.3 Å². The molecule has 1 saturated heterocycles. The highest BCUT2D eigenvalue weighted by molar-refractivity contribution is 4.95. The van der Waals surface area contributed by atoms with Crippen molar-refractivity contribution in [2.75, 3.05) is 13.2 Å². The average molecular weight is 241 g/mol. The molecule has 2 N–H and O–H groups in total. The molecule has 1 aromatic heterocycles. The van der Waals surface area contributed by atoms with E-state index in [0.29, 0.717) is 24.9 Å². The molecule has 0 radical (unpaired) electrons.